The summed E-state index contributed by atoms with van der Waals surface area (Å²) in [6.07, 6.45) is 0.581. The first kappa shape index (κ1) is 11.5. The van der Waals surface area contributed by atoms with Crippen LogP contribution in [0.5, 0.6) is 0 Å². The van der Waals surface area contributed by atoms with Crippen LogP contribution in [0.1, 0.15) is 20.3 Å². The summed E-state index contributed by atoms with van der Waals surface area (Å²) < 4.78 is 0. The number of pyridine rings is 1. The Balaban J connectivity index is 1.83. The SMILES string of the molecule is CC1(C)C(O)CC1Nc1ccc2ccccc2n1. The molecule has 1 aromatic carbocycles. The van der Waals surface area contributed by atoms with Gasteiger partial charge in [0.25, 0.3) is 0 Å². The molecular weight excluding hydrogens is 224 g/mol. The van der Waals surface area contributed by atoms with E-state index in [4.69, 9.17) is 0 Å². The zero-order valence-electron chi connectivity index (χ0n) is 10.7. The van der Waals surface area contributed by atoms with Gasteiger partial charge in [-0.25, -0.2) is 4.98 Å². The van der Waals surface area contributed by atoms with E-state index in [1.807, 2.05) is 24.3 Å². The molecule has 1 heterocycles. The molecule has 1 aromatic heterocycles. The summed E-state index contributed by atoms with van der Waals surface area (Å²) in [5, 5.41) is 14.3. The number of para-hydroxylation sites is 1. The van der Waals surface area contributed by atoms with Crippen LogP contribution in [0.4, 0.5) is 5.82 Å². The van der Waals surface area contributed by atoms with Crippen molar-refractivity contribution in [2.45, 2.75) is 32.4 Å². The highest BCUT2D eigenvalue weighted by Gasteiger charge is 2.47. The number of hydrogen-bond donors (Lipinski definition) is 2. The first-order chi connectivity index (χ1) is 8.57. The van der Waals surface area contributed by atoms with Crippen LogP contribution in [-0.2, 0) is 0 Å². The van der Waals surface area contributed by atoms with Gasteiger partial charge in [-0.3, -0.25) is 0 Å². The number of hydrogen-bond acceptors (Lipinski definition) is 3. The average Bonchev–Trinajstić information content (AvgIpc) is 2.38. The molecule has 1 aliphatic rings. The molecule has 2 unspecified atom stereocenters. The predicted molar refractivity (Wildman–Crippen MR) is 73.6 cm³/mol. The number of aliphatic hydroxyl groups is 1. The topological polar surface area (TPSA) is 45.1 Å². The minimum absolute atomic E-state index is 0.0761. The van der Waals surface area contributed by atoms with Crippen molar-refractivity contribution in [1.29, 1.82) is 0 Å². The van der Waals surface area contributed by atoms with E-state index in [9.17, 15) is 5.11 Å². The second-order valence-corrected chi connectivity index (χ2v) is 5.66. The van der Waals surface area contributed by atoms with Gasteiger partial charge < -0.3 is 10.4 Å². The maximum Gasteiger partial charge on any atom is 0.126 e. The first-order valence-electron chi connectivity index (χ1n) is 6.38. The van der Waals surface area contributed by atoms with Crippen molar-refractivity contribution >= 4 is 16.7 Å². The van der Waals surface area contributed by atoms with Gasteiger partial charge in [-0.2, -0.15) is 0 Å². The van der Waals surface area contributed by atoms with Crippen molar-refractivity contribution in [3.63, 3.8) is 0 Å². The third-order valence-electron chi connectivity index (χ3n) is 4.14. The smallest absolute Gasteiger partial charge is 0.126 e. The quantitative estimate of drug-likeness (QED) is 0.851. The van der Waals surface area contributed by atoms with E-state index in [-0.39, 0.29) is 11.5 Å². The molecule has 0 bridgehead atoms. The lowest BCUT2D eigenvalue weighted by atomic mass is 9.64. The van der Waals surface area contributed by atoms with E-state index in [1.165, 1.54) is 0 Å². The van der Waals surface area contributed by atoms with Gasteiger partial charge in [0.15, 0.2) is 0 Å². The van der Waals surface area contributed by atoms with Gasteiger partial charge in [0.2, 0.25) is 0 Å². The van der Waals surface area contributed by atoms with E-state index in [0.29, 0.717) is 6.04 Å². The van der Waals surface area contributed by atoms with Gasteiger partial charge in [-0.1, -0.05) is 32.0 Å². The Labute approximate surface area is 107 Å². The fraction of sp³-hybridized carbons (Fsp3) is 0.400. The van der Waals surface area contributed by atoms with Crippen molar-refractivity contribution in [2.75, 3.05) is 5.32 Å². The van der Waals surface area contributed by atoms with Crippen molar-refractivity contribution in [3.05, 3.63) is 36.4 Å². The fourth-order valence-electron chi connectivity index (χ4n) is 2.47. The Kier molecular flexibility index (Phi) is 2.52. The summed E-state index contributed by atoms with van der Waals surface area (Å²) in [4.78, 5) is 4.59. The van der Waals surface area contributed by atoms with Crippen LogP contribution in [0.25, 0.3) is 10.9 Å². The molecule has 0 radical (unpaired) electrons. The molecule has 2 atom stereocenters. The zero-order chi connectivity index (χ0) is 12.8. The Bertz CT molecular complexity index is 579. The molecule has 0 aliphatic heterocycles. The minimum Gasteiger partial charge on any atom is -0.392 e. The molecule has 0 saturated heterocycles. The van der Waals surface area contributed by atoms with E-state index >= 15 is 0 Å². The third-order valence-corrected chi connectivity index (χ3v) is 4.14. The summed E-state index contributed by atoms with van der Waals surface area (Å²) in [5.74, 6) is 0.888. The lowest BCUT2D eigenvalue weighted by molar-refractivity contribution is -0.0511. The number of nitrogens with one attached hydrogen (secondary N) is 1. The van der Waals surface area contributed by atoms with Crippen LogP contribution < -0.4 is 5.32 Å². The van der Waals surface area contributed by atoms with Gasteiger partial charge in [-0.15, -0.1) is 0 Å². The Hall–Kier alpha value is -1.61. The highest BCUT2D eigenvalue weighted by molar-refractivity contribution is 5.80. The summed E-state index contributed by atoms with van der Waals surface area (Å²) in [6.45, 7) is 4.17. The second kappa shape index (κ2) is 3.95. The number of aromatic nitrogens is 1. The highest BCUT2D eigenvalue weighted by atomic mass is 16.3. The molecule has 2 aromatic rings. The van der Waals surface area contributed by atoms with E-state index in [0.717, 1.165) is 23.1 Å². The number of fused-ring (bicyclic) bond motifs is 1. The minimum atomic E-state index is -0.213. The predicted octanol–water partition coefficient (Wildman–Crippen LogP) is 2.81. The van der Waals surface area contributed by atoms with Crippen molar-refractivity contribution in [2.24, 2.45) is 5.41 Å². The van der Waals surface area contributed by atoms with Crippen LogP contribution in [-0.4, -0.2) is 22.2 Å². The molecular formula is C15H18N2O. The van der Waals surface area contributed by atoms with Gasteiger partial charge in [-0.05, 0) is 24.6 Å². The standard InChI is InChI=1S/C15H18N2O/c1-15(2)12(9-13(15)18)17-14-8-7-10-5-3-4-6-11(10)16-14/h3-8,12-13,18H,9H2,1-2H3,(H,16,17). The Morgan fingerprint density at radius 2 is 2.00 bits per heavy atom. The number of benzene rings is 1. The Morgan fingerprint density at radius 1 is 1.22 bits per heavy atom. The van der Waals surface area contributed by atoms with Gasteiger partial charge >= 0.3 is 0 Å². The number of aliphatic hydroxyl groups excluding tert-OH is 1. The molecule has 1 aliphatic carbocycles. The summed E-state index contributed by atoms with van der Waals surface area (Å²) >= 11 is 0. The summed E-state index contributed by atoms with van der Waals surface area (Å²) in [6, 6.07) is 12.5. The van der Waals surface area contributed by atoms with Crippen molar-refractivity contribution in [3.8, 4) is 0 Å². The normalized spacial score (nSPS) is 25.7. The Morgan fingerprint density at radius 3 is 2.72 bits per heavy atom. The highest BCUT2D eigenvalue weighted by Crippen LogP contribution is 2.42. The maximum atomic E-state index is 9.74. The van der Waals surface area contributed by atoms with Gasteiger partial charge in [0.1, 0.15) is 5.82 Å². The molecule has 1 saturated carbocycles. The molecule has 94 valence electrons. The lowest BCUT2D eigenvalue weighted by Gasteiger charge is -2.49. The molecule has 0 spiro atoms. The second-order valence-electron chi connectivity index (χ2n) is 5.66. The fourth-order valence-corrected chi connectivity index (χ4v) is 2.47. The number of rotatable bonds is 2. The molecule has 2 N–H and O–H groups in total. The monoisotopic (exact) mass is 242 g/mol. The van der Waals surface area contributed by atoms with E-state index in [2.05, 4.69) is 36.3 Å². The number of nitrogens with zero attached hydrogens (tertiary/aromatic N) is 1. The van der Waals surface area contributed by atoms with E-state index in [1.54, 1.807) is 0 Å². The van der Waals surface area contributed by atoms with Crippen LogP contribution in [0.15, 0.2) is 36.4 Å². The number of anilines is 1. The van der Waals surface area contributed by atoms with Crippen LogP contribution in [0.3, 0.4) is 0 Å². The van der Waals surface area contributed by atoms with Gasteiger partial charge in [0, 0.05) is 16.8 Å². The van der Waals surface area contributed by atoms with Crippen molar-refractivity contribution in [1.82, 2.24) is 4.98 Å². The first-order valence-corrected chi connectivity index (χ1v) is 6.38. The zero-order valence-corrected chi connectivity index (χ0v) is 10.7. The summed E-state index contributed by atoms with van der Waals surface area (Å²) in [5.41, 5.74) is 0.924. The largest absolute Gasteiger partial charge is 0.392 e. The average molecular weight is 242 g/mol. The molecule has 3 heteroatoms. The van der Waals surface area contributed by atoms with Crippen LogP contribution >= 0.6 is 0 Å². The van der Waals surface area contributed by atoms with Crippen LogP contribution in [0.2, 0.25) is 0 Å². The van der Waals surface area contributed by atoms with Gasteiger partial charge in [0.05, 0.1) is 11.6 Å². The van der Waals surface area contributed by atoms with E-state index < -0.39 is 0 Å². The van der Waals surface area contributed by atoms with Crippen molar-refractivity contribution < 1.29 is 5.11 Å². The molecule has 0 amide bonds. The lowest BCUT2D eigenvalue weighted by Crippen LogP contribution is -2.57. The molecule has 18 heavy (non-hydrogen) atoms. The molecule has 1 fully saturated rings. The molecule has 3 rings (SSSR count). The van der Waals surface area contributed by atoms with Crippen LogP contribution in [0, 0.1) is 5.41 Å². The maximum absolute atomic E-state index is 9.74. The molecule has 3 nitrogen and oxygen atoms in total. The summed E-state index contributed by atoms with van der Waals surface area (Å²) in [7, 11) is 0. The third kappa shape index (κ3) is 1.75.